The summed E-state index contributed by atoms with van der Waals surface area (Å²) in [5, 5.41) is 6.85. The normalized spacial score (nSPS) is 12.6. The lowest BCUT2D eigenvalue weighted by atomic mass is 10.1. The highest BCUT2D eigenvalue weighted by atomic mass is 15.0. The van der Waals surface area contributed by atoms with Gasteiger partial charge in [-0.05, 0) is 59.2 Å². The molecule has 0 saturated heterocycles. The lowest BCUT2D eigenvalue weighted by Gasteiger charge is -2.23. The Kier molecular flexibility index (Phi) is 4.15. The molecule has 1 rings (SSSR count). The number of hydrogen-bond donors (Lipinski definition) is 2. The van der Waals surface area contributed by atoms with Crippen molar-refractivity contribution >= 4 is 5.82 Å². The molecule has 0 fully saturated rings. The van der Waals surface area contributed by atoms with Gasteiger partial charge in [-0.3, -0.25) is 0 Å². The summed E-state index contributed by atoms with van der Waals surface area (Å²) in [4.78, 5) is 4.33. The molecule has 0 radical (unpaired) electrons. The first kappa shape index (κ1) is 14.0. The maximum Gasteiger partial charge on any atom is 0.126 e. The number of aromatic nitrogens is 1. The van der Waals surface area contributed by atoms with Gasteiger partial charge in [-0.15, -0.1) is 0 Å². The Morgan fingerprint density at radius 2 is 1.71 bits per heavy atom. The molecule has 1 aromatic rings. The van der Waals surface area contributed by atoms with Crippen LogP contribution in [0.4, 0.5) is 5.82 Å². The highest BCUT2D eigenvalue weighted by Crippen LogP contribution is 2.13. The van der Waals surface area contributed by atoms with Crippen molar-refractivity contribution in [3.05, 3.63) is 23.9 Å². The van der Waals surface area contributed by atoms with Crippen LogP contribution in [0.5, 0.6) is 0 Å². The fourth-order valence-corrected chi connectivity index (χ4v) is 1.40. The Bertz CT molecular complexity index is 358. The van der Waals surface area contributed by atoms with E-state index >= 15 is 0 Å². The molecule has 3 heteroatoms. The first-order valence-corrected chi connectivity index (χ1v) is 6.14. The summed E-state index contributed by atoms with van der Waals surface area (Å²) in [6.45, 7) is 13.8. The third-order valence-corrected chi connectivity index (χ3v) is 2.15. The molecule has 17 heavy (non-hydrogen) atoms. The minimum atomic E-state index is 0.0447. The predicted octanol–water partition coefficient (Wildman–Crippen LogP) is 3.18. The molecule has 96 valence electrons. The maximum atomic E-state index is 4.33. The second kappa shape index (κ2) is 5.05. The third kappa shape index (κ3) is 6.27. The van der Waals surface area contributed by atoms with Gasteiger partial charge in [0.05, 0.1) is 0 Å². The molecule has 1 aromatic heterocycles. The lowest BCUT2D eigenvalue weighted by molar-refractivity contribution is 0.424. The van der Waals surface area contributed by atoms with E-state index in [0.29, 0.717) is 0 Å². The average Bonchev–Trinajstić information content (AvgIpc) is 2.11. The minimum Gasteiger partial charge on any atom is -0.365 e. The predicted molar refractivity (Wildman–Crippen MR) is 74.2 cm³/mol. The number of nitrogens with zero attached hydrogens (tertiary/aromatic N) is 1. The zero-order chi connectivity index (χ0) is 13.1. The molecule has 1 heterocycles. The van der Waals surface area contributed by atoms with Gasteiger partial charge in [0.15, 0.2) is 0 Å². The van der Waals surface area contributed by atoms with Gasteiger partial charge in [0.2, 0.25) is 0 Å². The van der Waals surface area contributed by atoms with Crippen molar-refractivity contribution in [2.45, 2.75) is 59.2 Å². The maximum absolute atomic E-state index is 4.33. The topological polar surface area (TPSA) is 37.0 Å². The summed E-state index contributed by atoms with van der Waals surface area (Å²) < 4.78 is 0. The quantitative estimate of drug-likeness (QED) is 0.845. The van der Waals surface area contributed by atoms with Crippen molar-refractivity contribution in [1.29, 1.82) is 0 Å². The van der Waals surface area contributed by atoms with Gasteiger partial charge < -0.3 is 10.6 Å². The molecule has 0 amide bonds. The molecule has 0 aromatic carbocycles. The van der Waals surface area contributed by atoms with Crippen LogP contribution in [-0.2, 0) is 6.54 Å². The van der Waals surface area contributed by atoms with Crippen LogP contribution in [-0.4, -0.2) is 16.1 Å². The van der Waals surface area contributed by atoms with E-state index < -0.39 is 0 Å². The number of pyridine rings is 1. The molecular weight excluding hydrogens is 210 g/mol. The molecule has 0 bridgehead atoms. The number of hydrogen-bond acceptors (Lipinski definition) is 3. The summed E-state index contributed by atoms with van der Waals surface area (Å²) in [7, 11) is 0. The van der Waals surface area contributed by atoms with Gasteiger partial charge in [0.25, 0.3) is 0 Å². The highest BCUT2D eigenvalue weighted by molar-refractivity contribution is 5.39. The summed E-state index contributed by atoms with van der Waals surface area (Å²) in [6.07, 6.45) is 1.85. The van der Waals surface area contributed by atoms with Crippen molar-refractivity contribution in [2.24, 2.45) is 0 Å². The number of rotatable bonds is 3. The molecule has 0 aliphatic heterocycles. The molecule has 0 aliphatic rings. The smallest absolute Gasteiger partial charge is 0.126 e. The zero-order valence-corrected chi connectivity index (χ0v) is 11.9. The molecule has 0 unspecified atom stereocenters. The van der Waals surface area contributed by atoms with E-state index in [2.05, 4.69) is 63.2 Å². The third-order valence-electron chi connectivity index (χ3n) is 2.15. The van der Waals surface area contributed by atoms with Crippen LogP contribution in [0.3, 0.4) is 0 Å². The molecule has 0 saturated carbocycles. The van der Waals surface area contributed by atoms with Crippen LogP contribution in [0.15, 0.2) is 18.3 Å². The fraction of sp³-hybridized carbons (Fsp3) is 0.643. The van der Waals surface area contributed by atoms with Crippen molar-refractivity contribution < 1.29 is 0 Å². The van der Waals surface area contributed by atoms with E-state index in [-0.39, 0.29) is 11.1 Å². The number of nitrogens with one attached hydrogen (secondary N) is 2. The van der Waals surface area contributed by atoms with E-state index in [0.717, 1.165) is 12.4 Å². The zero-order valence-electron chi connectivity index (χ0n) is 11.9. The van der Waals surface area contributed by atoms with Gasteiger partial charge in [-0.1, -0.05) is 0 Å². The van der Waals surface area contributed by atoms with Gasteiger partial charge in [0.1, 0.15) is 5.82 Å². The van der Waals surface area contributed by atoms with Gasteiger partial charge in [0, 0.05) is 23.8 Å². The SMILES string of the molecule is CC(C)(C)NCc1ccnc(NC(C)(C)C)c1. The van der Waals surface area contributed by atoms with Crippen LogP contribution < -0.4 is 10.6 Å². The Morgan fingerprint density at radius 1 is 1.06 bits per heavy atom. The molecular formula is C14H25N3. The molecule has 0 aliphatic carbocycles. The molecule has 0 spiro atoms. The van der Waals surface area contributed by atoms with Crippen molar-refractivity contribution in [3.63, 3.8) is 0 Å². The monoisotopic (exact) mass is 235 g/mol. The number of anilines is 1. The largest absolute Gasteiger partial charge is 0.365 e. The van der Waals surface area contributed by atoms with Gasteiger partial charge in [-0.2, -0.15) is 0 Å². The van der Waals surface area contributed by atoms with Crippen LogP contribution in [0.2, 0.25) is 0 Å². The average molecular weight is 235 g/mol. The Hall–Kier alpha value is -1.09. The standard InChI is InChI=1S/C14H25N3/c1-13(2,3)16-10-11-7-8-15-12(9-11)17-14(4,5)6/h7-9,16H,10H2,1-6H3,(H,15,17). The molecule has 3 nitrogen and oxygen atoms in total. The Balaban J connectivity index is 2.66. The van der Waals surface area contributed by atoms with Gasteiger partial charge >= 0.3 is 0 Å². The Labute approximate surface area is 105 Å². The summed E-state index contributed by atoms with van der Waals surface area (Å²) >= 11 is 0. The van der Waals surface area contributed by atoms with Crippen molar-refractivity contribution in [3.8, 4) is 0 Å². The Morgan fingerprint density at radius 3 is 2.24 bits per heavy atom. The summed E-state index contributed by atoms with van der Waals surface area (Å²) in [6, 6.07) is 4.15. The van der Waals surface area contributed by atoms with E-state index in [1.54, 1.807) is 0 Å². The highest BCUT2D eigenvalue weighted by Gasteiger charge is 2.11. The second-order valence-corrected chi connectivity index (χ2v) is 6.53. The second-order valence-electron chi connectivity index (χ2n) is 6.53. The molecule has 0 atom stereocenters. The molecule has 2 N–H and O–H groups in total. The van der Waals surface area contributed by atoms with Crippen molar-refractivity contribution in [1.82, 2.24) is 10.3 Å². The van der Waals surface area contributed by atoms with E-state index in [1.807, 2.05) is 12.3 Å². The van der Waals surface area contributed by atoms with E-state index in [9.17, 15) is 0 Å². The summed E-state index contributed by atoms with van der Waals surface area (Å²) in [5.74, 6) is 0.936. The first-order chi connectivity index (χ1) is 7.66. The van der Waals surface area contributed by atoms with Crippen LogP contribution in [0.25, 0.3) is 0 Å². The summed E-state index contributed by atoms with van der Waals surface area (Å²) in [5.41, 5.74) is 1.44. The van der Waals surface area contributed by atoms with E-state index in [1.165, 1.54) is 5.56 Å². The van der Waals surface area contributed by atoms with E-state index in [4.69, 9.17) is 0 Å². The van der Waals surface area contributed by atoms with Gasteiger partial charge in [-0.25, -0.2) is 4.98 Å². The van der Waals surface area contributed by atoms with Crippen LogP contribution in [0.1, 0.15) is 47.1 Å². The van der Waals surface area contributed by atoms with Crippen LogP contribution >= 0.6 is 0 Å². The minimum absolute atomic E-state index is 0.0447. The van der Waals surface area contributed by atoms with Crippen LogP contribution in [0, 0.1) is 0 Å². The van der Waals surface area contributed by atoms with Crippen molar-refractivity contribution in [2.75, 3.05) is 5.32 Å². The first-order valence-electron chi connectivity index (χ1n) is 6.14. The fourth-order valence-electron chi connectivity index (χ4n) is 1.40. The lowest BCUT2D eigenvalue weighted by Crippen LogP contribution is -2.35.